The van der Waals surface area contributed by atoms with E-state index in [0.717, 1.165) is 12.2 Å². The van der Waals surface area contributed by atoms with E-state index in [2.05, 4.69) is 24.0 Å². The van der Waals surface area contributed by atoms with Crippen molar-refractivity contribution in [3.05, 3.63) is 36.9 Å². The first-order valence-corrected chi connectivity index (χ1v) is 3.69. The summed E-state index contributed by atoms with van der Waals surface area (Å²) >= 11 is 0. The predicted octanol–water partition coefficient (Wildman–Crippen LogP) is 2.53. The molecule has 1 aromatic carbocycles. The van der Waals surface area contributed by atoms with Crippen LogP contribution in [0.25, 0.3) is 0 Å². The van der Waals surface area contributed by atoms with E-state index in [9.17, 15) is 0 Å². The molecular weight excluding hydrogens is 162 g/mol. The Labute approximate surface area is 80.2 Å². The predicted molar refractivity (Wildman–Crippen MR) is 56.1 cm³/mol. The fourth-order valence-electron chi connectivity index (χ4n) is 0.806. The zero-order valence-corrected chi connectivity index (χ0v) is 7.05. The van der Waals surface area contributed by atoms with Crippen LogP contribution < -0.4 is 10.1 Å². The van der Waals surface area contributed by atoms with Crippen molar-refractivity contribution in [2.24, 2.45) is 0 Å². The number of hydrogen-bond donors (Lipinski definition) is 1. The Morgan fingerprint density at radius 2 is 2.46 bits per heavy atom. The van der Waals surface area contributed by atoms with Crippen LogP contribution in [0, 0.1) is 12.1 Å². The molecule has 0 bridgehead atoms. The van der Waals surface area contributed by atoms with Gasteiger partial charge in [0.25, 0.3) is 0 Å². The molecule has 2 nitrogen and oxygen atoms in total. The summed E-state index contributed by atoms with van der Waals surface area (Å²) in [4.78, 5) is 0. The third-order valence-electron chi connectivity index (χ3n) is 1.38. The van der Waals surface area contributed by atoms with Crippen molar-refractivity contribution in [1.82, 2.24) is 0 Å². The van der Waals surface area contributed by atoms with Crippen LogP contribution in [-0.4, -0.2) is 13.7 Å². The van der Waals surface area contributed by atoms with Gasteiger partial charge in [-0.25, -0.2) is 0 Å². The molecule has 0 aliphatic carbocycles. The molecule has 70 valence electrons. The van der Waals surface area contributed by atoms with E-state index >= 15 is 0 Å². The van der Waals surface area contributed by atoms with Crippen LogP contribution in [0.15, 0.2) is 24.8 Å². The lowest BCUT2D eigenvalue weighted by Gasteiger charge is -2.01. The lowest BCUT2D eigenvalue weighted by molar-refractivity contribution is 0.415. The van der Waals surface area contributed by atoms with E-state index in [1.165, 1.54) is 0 Å². The molecule has 0 saturated heterocycles. The third kappa shape index (κ3) is 3.53. The summed E-state index contributed by atoms with van der Waals surface area (Å²) in [5.41, 5.74) is 0.963. The van der Waals surface area contributed by atoms with Crippen molar-refractivity contribution in [3.8, 4) is 5.75 Å². The van der Waals surface area contributed by atoms with E-state index < -0.39 is 0 Å². The van der Waals surface area contributed by atoms with Gasteiger partial charge in [-0.05, 0) is 6.07 Å². The van der Waals surface area contributed by atoms with Crippen LogP contribution in [0.2, 0.25) is 0 Å². The molecule has 1 aromatic rings. The van der Waals surface area contributed by atoms with Gasteiger partial charge in [0.05, 0.1) is 7.11 Å². The summed E-state index contributed by atoms with van der Waals surface area (Å²) in [6, 6.07) is 9.34. The molecule has 0 unspecified atom stereocenters. The maximum absolute atomic E-state index is 4.98. The van der Waals surface area contributed by atoms with E-state index in [0.29, 0.717) is 5.75 Å². The van der Waals surface area contributed by atoms with Gasteiger partial charge in [-0.2, -0.15) is 0 Å². The first-order valence-electron chi connectivity index (χ1n) is 3.69. The standard InChI is InChI=1S/C10H11NO.CH4/c1-3-7-11-9-5-4-6-10(8-9)12-2;/h3,5,8,11H,1,7H2,2H3;1H4. The minimum Gasteiger partial charge on any atom is -0.489 e. The molecule has 1 rings (SSSR count). The maximum Gasteiger partial charge on any atom is 0.171 e. The van der Waals surface area contributed by atoms with E-state index in [1.54, 1.807) is 13.2 Å². The average Bonchev–Trinajstić information content (AvgIpc) is 2.15. The van der Waals surface area contributed by atoms with Crippen LogP contribution in [0.3, 0.4) is 0 Å². The van der Waals surface area contributed by atoms with Crippen LogP contribution in [0.1, 0.15) is 7.43 Å². The highest BCUT2D eigenvalue weighted by molar-refractivity contribution is 5.45. The number of rotatable bonds is 4. The second-order valence-electron chi connectivity index (χ2n) is 2.25. The quantitative estimate of drug-likeness (QED) is 0.713. The molecule has 0 heterocycles. The molecule has 2 heteroatoms. The molecule has 13 heavy (non-hydrogen) atoms. The minimum absolute atomic E-state index is 0. The van der Waals surface area contributed by atoms with E-state index in [-0.39, 0.29) is 7.43 Å². The highest BCUT2D eigenvalue weighted by Gasteiger charge is 1.90. The molecule has 0 radical (unpaired) electrons. The fourth-order valence-corrected chi connectivity index (χ4v) is 0.806. The van der Waals surface area contributed by atoms with Gasteiger partial charge in [-0.1, -0.05) is 19.6 Å². The topological polar surface area (TPSA) is 21.3 Å². The molecule has 0 aliphatic rings. The van der Waals surface area contributed by atoms with Gasteiger partial charge in [0, 0.05) is 24.4 Å². The summed E-state index contributed by atoms with van der Waals surface area (Å²) in [5.74, 6) is 0.684. The van der Waals surface area contributed by atoms with Crippen molar-refractivity contribution in [1.29, 1.82) is 0 Å². The Hall–Kier alpha value is -1.62. The number of nitrogens with one attached hydrogen (secondary N) is 1. The van der Waals surface area contributed by atoms with Gasteiger partial charge in [-0.15, -0.1) is 6.58 Å². The summed E-state index contributed by atoms with van der Waals surface area (Å²) in [6.45, 7) is 4.34. The number of anilines is 1. The van der Waals surface area contributed by atoms with Gasteiger partial charge < -0.3 is 10.1 Å². The van der Waals surface area contributed by atoms with Gasteiger partial charge in [0.2, 0.25) is 0 Å². The van der Waals surface area contributed by atoms with Crippen molar-refractivity contribution >= 4 is 5.69 Å². The first kappa shape index (κ1) is 11.4. The zero-order chi connectivity index (χ0) is 8.81. The second kappa shape index (κ2) is 5.96. The van der Waals surface area contributed by atoms with Gasteiger partial charge in [0.1, 0.15) is 0 Å². The van der Waals surface area contributed by atoms with Crippen molar-refractivity contribution in [3.63, 3.8) is 0 Å². The summed E-state index contributed by atoms with van der Waals surface area (Å²) in [6.07, 6.45) is 1.79. The number of ether oxygens (including phenoxy) is 1. The lowest BCUT2D eigenvalue weighted by atomic mass is 10.3. The maximum atomic E-state index is 4.98. The van der Waals surface area contributed by atoms with E-state index in [1.807, 2.05) is 12.1 Å². The monoisotopic (exact) mass is 177 g/mol. The largest absolute Gasteiger partial charge is 0.489 e. The van der Waals surface area contributed by atoms with Crippen LogP contribution >= 0.6 is 0 Å². The number of methoxy groups -OCH3 is 1. The van der Waals surface area contributed by atoms with Crippen molar-refractivity contribution < 1.29 is 4.74 Å². The molecule has 1 N–H and O–H groups in total. The summed E-state index contributed by atoms with van der Waals surface area (Å²) in [5, 5.41) is 3.12. The van der Waals surface area contributed by atoms with Gasteiger partial charge in [0.15, 0.2) is 5.75 Å². The fraction of sp³-hybridized carbons (Fsp3) is 0.273. The Kier molecular flexibility index (Phi) is 5.22. The van der Waals surface area contributed by atoms with Gasteiger partial charge in [-0.3, -0.25) is 0 Å². The smallest absolute Gasteiger partial charge is 0.171 e. The molecule has 0 aromatic heterocycles. The Morgan fingerprint density at radius 3 is 3.08 bits per heavy atom. The highest BCUT2D eigenvalue weighted by atomic mass is 16.5. The first-order chi connectivity index (χ1) is 5.86. The normalized spacial score (nSPS) is 7.77. The molecule has 0 saturated carbocycles. The van der Waals surface area contributed by atoms with Crippen LogP contribution in [-0.2, 0) is 0 Å². The molecule has 0 atom stereocenters. The number of hydrogen-bond acceptors (Lipinski definition) is 2. The van der Waals surface area contributed by atoms with Crippen LogP contribution in [0.4, 0.5) is 5.69 Å². The third-order valence-corrected chi connectivity index (χ3v) is 1.38. The lowest BCUT2D eigenvalue weighted by Crippen LogP contribution is -1.96. The Bertz CT molecular complexity index is 258. The molecule has 0 spiro atoms. The summed E-state index contributed by atoms with van der Waals surface area (Å²) < 4.78 is 4.98. The van der Waals surface area contributed by atoms with Crippen molar-refractivity contribution in [2.45, 2.75) is 7.43 Å². The van der Waals surface area contributed by atoms with E-state index in [4.69, 9.17) is 4.74 Å². The van der Waals surface area contributed by atoms with Crippen molar-refractivity contribution in [2.75, 3.05) is 19.0 Å². The molecule has 0 amide bonds. The Morgan fingerprint density at radius 1 is 1.69 bits per heavy atom. The zero-order valence-electron chi connectivity index (χ0n) is 7.05. The Balaban J connectivity index is 0.00000144. The molecule has 0 aliphatic heterocycles. The average molecular weight is 177 g/mol. The van der Waals surface area contributed by atoms with Crippen LogP contribution in [0.5, 0.6) is 5.75 Å². The SMILES string of the molecule is C.C=CCNc1cc#cc(OC)c1. The second-order valence-corrected chi connectivity index (χ2v) is 2.25. The van der Waals surface area contributed by atoms with Gasteiger partial charge >= 0.3 is 0 Å². The molecule has 0 fully saturated rings. The summed E-state index contributed by atoms with van der Waals surface area (Å²) in [7, 11) is 1.61. The highest BCUT2D eigenvalue weighted by Crippen LogP contribution is 2.12. The minimum atomic E-state index is 0. The molecular formula is C11H15NO.